The molecule has 4 aromatic rings. The van der Waals surface area contributed by atoms with Crippen molar-refractivity contribution in [3.05, 3.63) is 42.9 Å². The third-order valence-corrected chi connectivity index (χ3v) is 6.64. The summed E-state index contributed by atoms with van der Waals surface area (Å²) in [6, 6.07) is 8.87. The molecule has 0 radical (unpaired) electrons. The van der Waals surface area contributed by atoms with E-state index in [2.05, 4.69) is 10.3 Å². The SMILES string of the molecule is COc1cc(-n2cnc(Nc3nc(N4CCC[C@H]4C(N)=O)nc4cc(OC(C)C)ccc34)c2)cc(OC)c1OC. The number of amides is 1. The number of carbonyl (C=O) groups excluding carboxylic acids is 1. The molecule has 3 N–H and O–H groups in total. The number of nitrogens with zero attached hydrogens (tertiary/aromatic N) is 5. The van der Waals surface area contributed by atoms with Gasteiger partial charge in [-0.2, -0.15) is 4.98 Å². The van der Waals surface area contributed by atoms with Crippen LogP contribution in [0.1, 0.15) is 26.7 Å². The number of imidazole rings is 1. The Hall–Kier alpha value is -4.74. The van der Waals surface area contributed by atoms with Crippen LogP contribution < -0.4 is 34.9 Å². The lowest BCUT2D eigenvalue weighted by molar-refractivity contribution is -0.119. The van der Waals surface area contributed by atoms with Crippen LogP contribution in [0.25, 0.3) is 16.6 Å². The highest BCUT2D eigenvalue weighted by atomic mass is 16.5. The van der Waals surface area contributed by atoms with Crippen LogP contribution >= 0.6 is 0 Å². The normalized spacial score (nSPS) is 14.9. The number of fused-ring (bicyclic) bond motifs is 1. The van der Waals surface area contributed by atoms with Crippen LogP contribution in [0.15, 0.2) is 42.9 Å². The maximum Gasteiger partial charge on any atom is 0.240 e. The molecule has 3 heterocycles. The van der Waals surface area contributed by atoms with Crippen LogP contribution in [-0.2, 0) is 4.79 Å². The minimum Gasteiger partial charge on any atom is -0.493 e. The molecule has 12 heteroatoms. The van der Waals surface area contributed by atoms with Crippen molar-refractivity contribution in [3.63, 3.8) is 0 Å². The van der Waals surface area contributed by atoms with Crippen molar-refractivity contribution in [2.24, 2.45) is 5.73 Å². The predicted octanol–water partition coefficient (Wildman–Crippen LogP) is 3.83. The predicted molar refractivity (Wildman–Crippen MR) is 151 cm³/mol. The van der Waals surface area contributed by atoms with E-state index >= 15 is 0 Å². The fraction of sp³-hybridized carbons (Fsp3) is 0.357. The zero-order valence-corrected chi connectivity index (χ0v) is 23.2. The Kier molecular flexibility index (Phi) is 7.50. The first kappa shape index (κ1) is 26.9. The van der Waals surface area contributed by atoms with Gasteiger partial charge in [0.05, 0.1) is 44.8 Å². The Balaban J connectivity index is 1.54. The van der Waals surface area contributed by atoms with Crippen LogP contribution in [0, 0.1) is 0 Å². The van der Waals surface area contributed by atoms with Gasteiger partial charge in [-0.25, -0.2) is 9.97 Å². The van der Waals surface area contributed by atoms with E-state index in [1.807, 2.05) is 59.8 Å². The molecule has 1 fully saturated rings. The lowest BCUT2D eigenvalue weighted by Crippen LogP contribution is -2.41. The lowest BCUT2D eigenvalue weighted by Gasteiger charge is -2.23. The number of hydrogen-bond acceptors (Lipinski definition) is 10. The van der Waals surface area contributed by atoms with E-state index < -0.39 is 11.9 Å². The monoisotopic (exact) mass is 547 g/mol. The Bertz CT molecular complexity index is 1510. The summed E-state index contributed by atoms with van der Waals surface area (Å²) in [6.45, 7) is 4.57. The van der Waals surface area contributed by atoms with Crippen LogP contribution in [-0.4, -0.2) is 65.4 Å². The first-order valence-corrected chi connectivity index (χ1v) is 13.0. The molecule has 210 valence electrons. The second-order valence-corrected chi connectivity index (χ2v) is 9.65. The Morgan fingerprint density at radius 3 is 2.48 bits per heavy atom. The number of benzene rings is 2. The van der Waals surface area contributed by atoms with Gasteiger partial charge in [0.1, 0.15) is 29.8 Å². The van der Waals surface area contributed by atoms with Crippen molar-refractivity contribution < 1.29 is 23.7 Å². The van der Waals surface area contributed by atoms with E-state index in [0.29, 0.717) is 59.1 Å². The number of hydrogen-bond donors (Lipinski definition) is 2. The van der Waals surface area contributed by atoms with Gasteiger partial charge in [0.25, 0.3) is 0 Å². The minimum atomic E-state index is -0.459. The van der Waals surface area contributed by atoms with Crippen molar-refractivity contribution in [2.45, 2.75) is 38.8 Å². The standard InChI is InChI=1S/C28H33N7O5/c1-16(2)40-18-8-9-19-20(13-18)31-28(35-10-6-7-21(35)26(29)36)33-27(19)32-24-14-34(15-30-24)17-11-22(37-3)25(39-5)23(12-17)38-4/h8-9,11-16,21H,6-7,10H2,1-5H3,(H2,29,36)(H,31,32,33)/t21-/m0/s1. The largest absolute Gasteiger partial charge is 0.493 e. The maximum absolute atomic E-state index is 12.1. The van der Waals surface area contributed by atoms with Gasteiger partial charge in [0.15, 0.2) is 11.5 Å². The second-order valence-electron chi connectivity index (χ2n) is 9.65. The summed E-state index contributed by atoms with van der Waals surface area (Å²) in [4.78, 5) is 28.1. The number of anilines is 3. The highest BCUT2D eigenvalue weighted by Gasteiger charge is 2.31. The first-order chi connectivity index (χ1) is 19.3. The molecule has 12 nitrogen and oxygen atoms in total. The van der Waals surface area contributed by atoms with E-state index in [1.54, 1.807) is 27.7 Å². The summed E-state index contributed by atoms with van der Waals surface area (Å²) in [5.74, 6) is 3.37. The topological polar surface area (TPSA) is 139 Å². The highest BCUT2D eigenvalue weighted by Crippen LogP contribution is 2.39. The third kappa shape index (κ3) is 5.24. The van der Waals surface area contributed by atoms with Crippen molar-refractivity contribution in [3.8, 4) is 28.7 Å². The summed E-state index contributed by atoms with van der Waals surface area (Å²) in [5.41, 5.74) is 7.12. The molecular formula is C28H33N7O5. The number of aromatic nitrogens is 4. The summed E-state index contributed by atoms with van der Waals surface area (Å²) in [7, 11) is 4.70. The van der Waals surface area contributed by atoms with Crippen LogP contribution in [0.3, 0.4) is 0 Å². The smallest absolute Gasteiger partial charge is 0.240 e. The summed E-state index contributed by atoms with van der Waals surface area (Å²) in [5, 5.41) is 4.11. The molecule has 1 atom stereocenters. The van der Waals surface area contributed by atoms with Gasteiger partial charge in [-0.1, -0.05) is 0 Å². The zero-order chi connectivity index (χ0) is 28.4. The van der Waals surface area contributed by atoms with E-state index in [4.69, 9.17) is 34.6 Å². The fourth-order valence-corrected chi connectivity index (χ4v) is 4.83. The van der Waals surface area contributed by atoms with Crippen molar-refractivity contribution in [1.82, 2.24) is 19.5 Å². The molecule has 0 aliphatic carbocycles. The number of nitrogens with one attached hydrogen (secondary N) is 1. The number of carbonyl (C=O) groups is 1. The van der Waals surface area contributed by atoms with Gasteiger partial charge in [-0.05, 0) is 38.8 Å². The molecule has 1 aliphatic heterocycles. The Labute approximate surface area is 232 Å². The van der Waals surface area contributed by atoms with Gasteiger partial charge in [-0.15, -0.1) is 0 Å². The third-order valence-electron chi connectivity index (χ3n) is 6.64. The quantitative estimate of drug-likeness (QED) is 0.301. The Morgan fingerprint density at radius 1 is 1.07 bits per heavy atom. The fourth-order valence-electron chi connectivity index (χ4n) is 4.83. The Morgan fingerprint density at radius 2 is 1.82 bits per heavy atom. The molecule has 1 aliphatic rings. The van der Waals surface area contributed by atoms with Crippen LogP contribution in [0.4, 0.5) is 17.6 Å². The lowest BCUT2D eigenvalue weighted by atomic mass is 10.2. The molecule has 0 spiro atoms. The number of rotatable bonds is 10. The van der Waals surface area contributed by atoms with Gasteiger partial charge in [0.2, 0.25) is 17.6 Å². The van der Waals surface area contributed by atoms with E-state index in [-0.39, 0.29) is 6.10 Å². The number of ether oxygens (including phenoxy) is 4. The molecule has 0 saturated carbocycles. The summed E-state index contributed by atoms with van der Waals surface area (Å²) in [6.07, 6.45) is 4.99. The molecule has 2 aromatic carbocycles. The summed E-state index contributed by atoms with van der Waals surface area (Å²) < 4.78 is 24.1. The molecule has 0 bridgehead atoms. The van der Waals surface area contributed by atoms with E-state index in [9.17, 15) is 4.79 Å². The number of methoxy groups -OCH3 is 3. The molecule has 1 amide bonds. The average Bonchev–Trinajstić information content (AvgIpc) is 3.62. The average molecular weight is 548 g/mol. The molecule has 40 heavy (non-hydrogen) atoms. The van der Waals surface area contributed by atoms with Crippen molar-refractivity contribution in [1.29, 1.82) is 0 Å². The van der Waals surface area contributed by atoms with Gasteiger partial charge in [-0.3, -0.25) is 4.79 Å². The zero-order valence-electron chi connectivity index (χ0n) is 23.2. The number of primary amides is 1. The first-order valence-electron chi connectivity index (χ1n) is 13.0. The van der Waals surface area contributed by atoms with E-state index in [0.717, 1.165) is 17.5 Å². The maximum atomic E-state index is 12.1. The van der Waals surface area contributed by atoms with Gasteiger partial charge in [0, 0.05) is 30.1 Å². The molecule has 2 aromatic heterocycles. The van der Waals surface area contributed by atoms with Crippen molar-refractivity contribution in [2.75, 3.05) is 38.1 Å². The van der Waals surface area contributed by atoms with Gasteiger partial charge < -0.3 is 39.5 Å². The van der Waals surface area contributed by atoms with E-state index in [1.165, 1.54) is 0 Å². The minimum absolute atomic E-state index is 0.00773. The molecule has 0 unspecified atom stereocenters. The molecule has 1 saturated heterocycles. The molecule has 5 rings (SSSR count). The van der Waals surface area contributed by atoms with Crippen LogP contribution in [0.2, 0.25) is 0 Å². The summed E-state index contributed by atoms with van der Waals surface area (Å²) >= 11 is 0. The molecular weight excluding hydrogens is 514 g/mol. The highest BCUT2D eigenvalue weighted by molar-refractivity contribution is 5.93. The number of nitrogens with two attached hydrogens (primary N) is 1. The van der Waals surface area contributed by atoms with Gasteiger partial charge >= 0.3 is 0 Å². The second kappa shape index (κ2) is 11.2. The van der Waals surface area contributed by atoms with Crippen molar-refractivity contribution >= 4 is 34.4 Å². The van der Waals surface area contributed by atoms with Crippen LogP contribution in [0.5, 0.6) is 23.0 Å².